The number of anilines is 2. The van der Waals surface area contributed by atoms with Crippen molar-refractivity contribution in [3.8, 4) is 0 Å². The summed E-state index contributed by atoms with van der Waals surface area (Å²) in [6.07, 6.45) is 5.81. The third-order valence-electron chi connectivity index (χ3n) is 5.79. The maximum absolute atomic E-state index is 13.0. The summed E-state index contributed by atoms with van der Waals surface area (Å²) >= 11 is 1.14. The van der Waals surface area contributed by atoms with Gasteiger partial charge in [0, 0.05) is 29.9 Å². The molecule has 1 aromatic heterocycles. The molecule has 2 aromatic carbocycles. The van der Waals surface area contributed by atoms with Crippen molar-refractivity contribution in [3.05, 3.63) is 70.7 Å². The molecule has 2 N–H and O–H groups in total. The average Bonchev–Trinajstić information content (AvgIpc) is 3.31. The Morgan fingerprint density at radius 1 is 0.973 bits per heavy atom. The molecule has 0 aliphatic rings. The van der Waals surface area contributed by atoms with Crippen molar-refractivity contribution < 1.29 is 23.1 Å². The Morgan fingerprint density at radius 3 is 2.41 bits per heavy atom. The van der Waals surface area contributed by atoms with Crippen molar-refractivity contribution >= 4 is 43.9 Å². The van der Waals surface area contributed by atoms with Gasteiger partial charge in [-0.3, -0.25) is 10.1 Å². The molecule has 0 saturated heterocycles. The summed E-state index contributed by atoms with van der Waals surface area (Å²) in [5.74, 6) is -1.46. The van der Waals surface area contributed by atoms with Crippen LogP contribution in [0.3, 0.4) is 0 Å². The number of unbranched alkanes of at least 4 members (excludes halogenated alkanes) is 5. The molecule has 0 atom stereocenters. The van der Waals surface area contributed by atoms with E-state index in [0.29, 0.717) is 39.9 Å². The summed E-state index contributed by atoms with van der Waals surface area (Å²) in [6, 6.07) is 13.9. The number of hydrogen-bond acceptors (Lipinski definition) is 8. The molecular formula is C27H32N3O5S2-. The zero-order valence-electron chi connectivity index (χ0n) is 20.9. The van der Waals surface area contributed by atoms with Crippen LogP contribution in [0, 0.1) is 0 Å². The van der Waals surface area contributed by atoms with Gasteiger partial charge in [0.05, 0.1) is 22.0 Å². The third kappa shape index (κ3) is 8.98. The standard InChI is InChI=1S/C27H33N3O5S2/c1-2-3-4-5-6-9-16-37(34,35)24-11-8-7-10-23(24)28-18-20-12-14-21(15-13-20)26(33)30-27-29-22(19-36-27)17-25(31)32/h7-8,10-15,19,28H,2-6,9,16-18H2,1H3,(H,31,32)(H,29,30,33)/p-1. The van der Waals surface area contributed by atoms with Crippen LogP contribution in [0.25, 0.3) is 0 Å². The van der Waals surface area contributed by atoms with Gasteiger partial charge in [0.1, 0.15) is 0 Å². The second-order valence-corrected chi connectivity index (χ2v) is 11.7. The summed E-state index contributed by atoms with van der Waals surface area (Å²) in [4.78, 5) is 27.5. The van der Waals surface area contributed by atoms with Gasteiger partial charge >= 0.3 is 0 Å². The first-order valence-corrected chi connectivity index (χ1v) is 14.9. The molecule has 0 aliphatic carbocycles. The number of thiazole rings is 1. The SMILES string of the molecule is CCCCCCCCS(=O)(=O)c1ccccc1NCc1ccc(C(=O)Nc2nc(CC(=O)[O-])cs2)cc1. The fraction of sp³-hybridized carbons (Fsp3) is 0.370. The van der Waals surface area contributed by atoms with Gasteiger partial charge in [-0.25, -0.2) is 13.4 Å². The molecule has 0 aliphatic heterocycles. The molecule has 8 nitrogen and oxygen atoms in total. The second-order valence-electron chi connectivity index (χ2n) is 8.78. The minimum absolute atomic E-state index is 0.134. The Labute approximate surface area is 222 Å². The van der Waals surface area contributed by atoms with Crippen LogP contribution >= 0.6 is 11.3 Å². The highest BCUT2D eigenvalue weighted by Crippen LogP contribution is 2.24. The Balaban J connectivity index is 1.55. The fourth-order valence-electron chi connectivity index (χ4n) is 3.80. The highest BCUT2D eigenvalue weighted by atomic mass is 32.2. The minimum Gasteiger partial charge on any atom is -0.550 e. The Kier molecular flexibility index (Phi) is 10.6. The number of carboxylic acid groups (broad SMARTS) is 1. The van der Waals surface area contributed by atoms with E-state index in [2.05, 4.69) is 22.5 Å². The Morgan fingerprint density at radius 2 is 1.68 bits per heavy atom. The lowest BCUT2D eigenvalue weighted by molar-refractivity contribution is -0.304. The topological polar surface area (TPSA) is 128 Å². The zero-order valence-corrected chi connectivity index (χ0v) is 22.5. The maximum Gasteiger partial charge on any atom is 0.257 e. The molecule has 0 spiro atoms. The van der Waals surface area contributed by atoms with Crippen molar-refractivity contribution in [2.75, 3.05) is 16.4 Å². The van der Waals surface area contributed by atoms with E-state index >= 15 is 0 Å². The van der Waals surface area contributed by atoms with E-state index in [9.17, 15) is 23.1 Å². The molecule has 1 heterocycles. The summed E-state index contributed by atoms with van der Waals surface area (Å²) in [6.45, 7) is 2.55. The molecule has 1 amide bonds. The quantitative estimate of drug-likeness (QED) is 0.272. The van der Waals surface area contributed by atoms with Gasteiger partial charge in [-0.2, -0.15) is 0 Å². The Bertz CT molecular complexity index is 1290. The first kappa shape index (κ1) is 28.3. The maximum atomic E-state index is 13.0. The summed E-state index contributed by atoms with van der Waals surface area (Å²) in [5.41, 5.74) is 2.19. The molecular weight excluding hydrogens is 510 g/mol. The lowest BCUT2D eigenvalue weighted by Gasteiger charge is -2.13. The van der Waals surface area contributed by atoms with E-state index in [1.54, 1.807) is 53.9 Å². The first-order valence-electron chi connectivity index (χ1n) is 12.4. The second kappa shape index (κ2) is 13.9. The third-order valence-corrected chi connectivity index (χ3v) is 8.44. The number of nitrogens with one attached hydrogen (secondary N) is 2. The van der Waals surface area contributed by atoms with Gasteiger partial charge in [0.25, 0.3) is 5.91 Å². The summed E-state index contributed by atoms with van der Waals surface area (Å²) in [7, 11) is -3.40. The van der Waals surface area contributed by atoms with Crippen LogP contribution in [-0.2, 0) is 27.6 Å². The summed E-state index contributed by atoms with van der Waals surface area (Å²) in [5, 5.41) is 18.4. The average molecular weight is 543 g/mol. The van der Waals surface area contributed by atoms with Gasteiger partial charge in [0.15, 0.2) is 15.0 Å². The number of benzene rings is 2. The molecule has 198 valence electrons. The number of hydrogen-bond donors (Lipinski definition) is 2. The van der Waals surface area contributed by atoms with Crippen molar-refractivity contribution in [3.63, 3.8) is 0 Å². The largest absolute Gasteiger partial charge is 0.550 e. The lowest BCUT2D eigenvalue weighted by atomic mass is 10.1. The highest BCUT2D eigenvalue weighted by molar-refractivity contribution is 7.91. The first-order chi connectivity index (χ1) is 17.8. The van der Waals surface area contributed by atoms with Gasteiger partial charge in [-0.1, -0.05) is 63.3 Å². The lowest BCUT2D eigenvalue weighted by Crippen LogP contribution is -2.24. The van der Waals surface area contributed by atoms with Crippen LogP contribution in [0.15, 0.2) is 58.8 Å². The van der Waals surface area contributed by atoms with Crippen molar-refractivity contribution in [2.45, 2.75) is 63.3 Å². The van der Waals surface area contributed by atoms with Crippen molar-refractivity contribution in [1.29, 1.82) is 0 Å². The zero-order chi connectivity index (χ0) is 26.7. The fourth-order valence-corrected chi connectivity index (χ4v) is 6.07. The smallest absolute Gasteiger partial charge is 0.257 e. The molecule has 10 heteroatoms. The number of rotatable bonds is 15. The number of nitrogens with zero attached hydrogens (tertiary/aromatic N) is 1. The number of sulfone groups is 1. The highest BCUT2D eigenvalue weighted by Gasteiger charge is 2.18. The van der Waals surface area contributed by atoms with Gasteiger partial charge in [-0.05, 0) is 36.2 Å². The van der Waals surface area contributed by atoms with Gasteiger partial charge in [0.2, 0.25) is 0 Å². The molecule has 0 radical (unpaired) electrons. The molecule has 0 fully saturated rings. The van der Waals surface area contributed by atoms with Gasteiger partial charge < -0.3 is 15.2 Å². The van der Waals surface area contributed by atoms with E-state index in [1.807, 2.05) is 0 Å². The molecule has 0 saturated carbocycles. The monoisotopic (exact) mass is 542 g/mol. The van der Waals surface area contributed by atoms with Crippen LogP contribution < -0.4 is 15.7 Å². The number of carboxylic acids is 1. The number of aromatic nitrogens is 1. The van der Waals surface area contributed by atoms with E-state index in [-0.39, 0.29) is 18.1 Å². The van der Waals surface area contributed by atoms with Crippen LogP contribution in [0.4, 0.5) is 10.8 Å². The molecule has 0 unspecified atom stereocenters. The van der Waals surface area contributed by atoms with E-state index in [1.165, 1.54) is 6.42 Å². The van der Waals surface area contributed by atoms with Crippen LogP contribution in [0.2, 0.25) is 0 Å². The van der Waals surface area contributed by atoms with Crippen LogP contribution in [-0.4, -0.2) is 31.0 Å². The normalized spacial score (nSPS) is 11.3. The van der Waals surface area contributed by atoms with Crippen molar-refractivity contribution in [1.82, 2.24) is 4.98 Å². The predicted molar refractivity (Wildman–Crippen MR) is 144 cm³/mol. The Hall–Kier alpha value is -3.24. The number of carbonyl (C=O) groups excluding carboxylic acids is 2. The number of amides is 1. The van der Waals surface area contributed by atoms with Crippen LogP contribution in [0.5, 0.6) is 0 Å². The van der Waals surface area contributed by atoms with Gasteiger partial charge in [-0.15, -0.1) is 11.3 Å². The molecule has 3 rings (SSSR count). The van der Waals surface area contributed by atoms with E-state index < -0.39 is 15.8 Å². The van der Waals surface area contributed by atoms with Crippen LogP contribution in [0.1, 0.15) is 67.1 Å². The predicted octanol–water partition coefficient (Wildman–Crippen LogP) is 4.43. The van der Waals surface area contributed by atoms with E-state index in [0.717, 1.165) is 42.6 Å². The number of para-hydroxylation sites is 1. The minimum atomic E-state index is -3.40. The number of carbonyl (C=O) groups is 2. The number of aliphatic carboxylic acids is 1. The summed E-state index contributed by atoms with van der Waals surface area (Å²) < 4.78 is 25.9. The molecule has 37 heavy (non-hydrogen) atoms. The van der Waals surface area contributed by atoms with E-state index in [4.69, 9.17) is 0 Å². The van der Waals surface area contributed by atoms with Crippen molar-refractivity contribution in [2.24, 2.45) is 0 Å². The molecule has 0 bridgehead atoms. The molecule has 3 aromatic rings.